The van der Waals surface area contributed by atoms with E-state index in [1.165, 1.54) is 18.5 Å². The van der Waals surface area contributed by atoms with Crippen LogP contribution in [0, 0.1) is 12.8 Å². The van der Waals surface area contributed by atoms with Gasteiger partial charge in [0.25, 0.3) is 5.91 Å². The van der Waals surface area contributed by atoms with Gasteiger partial charge in [-0.3, -0.25) is 4.79 Å². The molecule has 0 unspecified atom stereocenters. The third kappa shape index (κ3) is 3.18. The van der Waals surface area contributed by atoms with Crippen LogP contribution in [0.5, 0.6) is 0 Å². The Hall–Kier alpha value is -2.23. The van der Waals surface area contributed by atoms with Crippen molar-refractivity contribution in [1.29, 1.82) is 0 Å². The van der Waals surface area contributed by atoms with Gasteiger partial charge in [0.05, 0.1) is 5.56 Å². The maximum Gasteiger partial charge on any atom is 0.250 e. The second kappa shape index (κ2) is 6.71. The summed E-state index contributed by atoms with van der Waals surface area (Å²) in [6.07, 6.45) is 2.56. The first-order chi connectivity index (χ1) is 11.5. The zero-order valence-corrected chi connectivity index (χ0v) is 14.9. The number of nitrogens with zero attached hydrogens (tertiary/aromatic N) is 2. The molecule has 0 aliphatic heterocycles. The SMILES string of the molecule is CCN(CC)c1ccc(-c2cc(C(N)=O)c(C)n2CC2CC2)cc1. The molecule has 1 aliphatic rings. The predicted molar refractivity (Wildman–Crippen MR) is 99.4 cm³/mol. The molecule has 0 radical (unpaired) electrons. The first-order valence-corrected chi connectivity index (χ1v) is 8.90. The smallest absolute Gasteiger partial charge is 0.250 e. The number of amides is 1. The minimum Gasteiger partial charge on any atom is -0.372 e. The summed E-state index contributed by atoms with van der Waals surface area (Å²) in [4.78, 5) is 14.1. The van der Waals surface area contributed by atoms with Gasteiger partial charge in [0.2, 0.25) is 0 Å². The highest BCUT2D eigenvalue weighted by atomic mass is 16.1. The van der Waals surface area contributed by atoms with Gasteiger partial charge in [-0.05, 0) is 63.3 Å². The van der Waals surface area contributed by atoms with Crippen molar-refractivity contribution in [1.82, 2.24) is 4.57 Å². The summed E-state index contributed by atoms with van der Waals surface area (Å²) in [5.74, 6) is 0.397. The highest BCUT2D eigenvalue weighted by Crippen LogP contribution is 2.35. The molecule has 4 nitrogen and oxygen atoms in total. The van der Waals surface area contributed by atoms with Crippen molar-refractivity contribution in [2.45, 2.75) is 40.2 Å². The summed E-state index contributed by atoms with van der Waals surface area (Å²) < 4.78 is 2.27. The second-order valence-corrected chi connectivity index (χ2v) is 6.67. The molecule has 128 valence electrons. The van der Waals surface area contributed by atoms with E-state index in [9.17, 15) is 4.79 Å². The number of rotatable bonds is 7. The van der Waals surface area contributed by atoms with Crippen LogP contribution in [0.3, 0.4) is 0 Å². The normalized spacial score (nSPS) is 14.0. The van der Waals surface area contributed by atoms with Gasteiger partial charge in [-0.15, -0.1) is 0 Å². The Morgan fingerprint density at radius 2 is 1.83 bits per heavy atom. The summed E-state index contributed by atoms with van der Waals surface area (Å²) >= 11 is 0. The van der Waals surface area contributed by atoms with Crippen molar-refractivity contribution in [3.8, 4) is 11.3 Å². The molecule has 1 saturated carbocycles. The lowest BCUT2D eigenvalue weighted by atomic mass is 10.1. The van der Waals surface area contributed by atoms with Crippen molar-refractivity contribution in [2.75, 3.05) is 18.0 Å². The molecule has 0 spiro atoms. The van der Waals surface area contributed by atoms with Gasteiger partial charge in [0, 0.05) is 36.7 Å². The Morgan fingerprint density at radius 1 is 1.21 bits per heavy atom. The van der Waals surface area contributed by atoms with Crippen molar-refractivity contribution in [3.63, 3.8) is 0 Å². The third-order valence-electron chi connectivity index (χ3n) is 5.06. The molecule has 0 bridgehead atoms. The standard InChI is InChI=1S/C20H27N3O/c1-4-22(5-2)17-10-8-16(9-11-17)19-12-18(20(21)24)14(3)23(19)13-15-6-7-15/h8-12,15H,4-7,13H2,1-3H3,(H2,21,24). The van der Waals surface area contributed by atoms with Crippen LogP contribution in [0.1, 0.15) is 42.7 Å². The Bertz CT molecular complexity index is 722. The number of hydrogen-bond acceptors (Lipinski definition) is 2. The van der Waals surface area contributed by atoms with Gasteiger partial charge >= 0.3 is 0 Å². The molecule has 24 heavy (non-hydrogen) atoms. The van der Waals surface area contributed by atoms with Crippen LogP contribution in [0.2, 0.25) is 0 Å². The van der Waals surface area contributed by atoms with Gasteiger partial charge in [0.15, 0.2) is 0 Å². The molecule has 0 atom stereocenters. The number of primary amides is 1. The lowest BCUT2D eigenvalue weighted by Gasteiger charge is -2.21. The van der Waals surface area contributed by atoms with Crippen LogP contribution in [0.4, 0.5) is 5.69 Å². The number of anilines is 1. The van der Waals surface area contributed by atoms with Crippen LogP contribution in [-0.4, -0.2) is 23.6 Å². The second-order valence-electron chi connectivity index (χ2n) is 6.67. The summed E-state index contributed by atoms with van der Waals surface area (Å²) in [6.45, 7) is 9.31. The minimum absolute atomic E-state index is 0.344. The van der Waals surface area contributed by atoms with Gasteiger partial charge in [-0.1, -0.05) is 12.1 Å². The fraction of sp³-hybridized carbons (Fsp3) is 0.450. The maximum atomic E-state index is 11.7. The maximum absolute atomic E-state index is 11.7. The first-order valence-electron chi connectivity index (χ1n) is 8.90. The molecule has 2 N–H and O–H groups in total. The summed E-state index contributed by atoms with van der Waals surface area (Å²) in [5, 5.41) is 0. The number of aromatic nitrogens is 1. The van der Waals surface area contributed by atoms with E-state index in [1.54, 1.807) is 0 Å². The van der Waals surface area contributed by atoms with Crippen molar-refractivity contribution in [2.24, 2.45) is 11.7 Å². The van der Waals surface area contributed by atoms with Gasteiger partial charge in [0.1, 0.15) is 0 Å². The van der Waals surface area contributed by atoms with Crippen molar-refractivity contribution >= 4 is 11.6 Å². The van der Waals surface area contributed by atoms with E-state index in [-0.39, 0.29) is 5.91 Å². The van der Waals surface area contributed by atoms with Gasteiger partial charge < -0.3 is 15.2 Å². The van der Waals surface area contributed by atoms with E-state index in [2.05, 4.69) is 47.6 Å². The van der Waals surface area contributed by atoms with E-state index in [4.69, 9.17) is 5.73 Å². The monoisotopic (exact) mass is 325 g/mol. The highest BCUT2D eigenvalue weighted by Gasteiger charge is 2.25. The number of benzene rings is 1. The highest BCUT2D eigenvalue weighted by molar-refractivity contribution is 5.95. The number of carbonyl (C=O) groups is 1. The minimum atomic E-state index is -0.344. The topological polar surface area (TPSA) is 51.3 Å². The third-order valence-corrected chi connectivity index (χ3v) is 5.06. The zero-order chi connectivity index (χ0) is 17.3. The number of carbonyl (C=O) groups excluding carboxylic acids is 1. The summed E-state index contributed by atoms with van der Waals surface area (Å²) in [5.41, 5.74) is 10.7. The van der Waals surface area contributed by atoms with E-state index in [1.807, 2.05) is 13.0 Å². The first kappa shape index (κ1) is 16.6. The molecule has 1 aromatic heterocycles. The summed E-state index contributed by atoms with van der Waals surface area (Å²) in [6, 6.07) is 10.6. The number of nitrogens with two attached hydrogens (primary N) is 1. The molecular weight excluding hydrogens is 298 g/mol. The van der Waals surface area contributed by atoms with E-state index in [0.717, 1.165) is 42.5 Å². The van der Waals surface area contributed by atoms with E-state index >= 15 is 0 Å². The Kier molecular flexibility index (Phi) is 4.65. The number of hydrogen-bond donors (Lipinski definition) is 1. The fourth-order valence-electron chi connectivity index (χ4n) is 3.36. The van der Waals surface area contributed by atoms with E-state index in [0.29, 0.717) is 5.56 Å². The van der Waals surface area contributed by atoms with E-state index < -0.39 is 0 Å². The van der Waals surface area contributed by atoms with Crippen LogP contribution in [0.15, 0.2) is 30.3 Å². The predicted octanol–water partition coefficient (Wildman–Crippen LogP) is 3.82. The van der Waals surface area contributed by atoms with Gasteiger partial charge in [-0.2, -0.15) is 0 Å². The van der Waals surface area contributed by atoms with Crippen LogP contribution in [0.25, 0.3) is 11.3 Å². The average Bonchev–Trinajstić information content (AvgIpc) is 3.33. The fourth-order valence-corrected chi connectivity index (χ4v) is 3.36. The Balaban J connectivity index is 1.98. The lowest BCUT2D eigenvalue weighted by molar-refractivity contribution is 0.0999. The molecule has 4 heteroatoms. The summed E-state index contributed by atoms with van der Waals surface area (Å²) in [7, 11) is 0. The van der Waals surface area contributed by atoms with Crippen LogP contribution < -0.4 is 10.6 Å². The quantitative estimate of drug-likeness (QED) is 0.841. The molecule has 2 aromatic rings. The molecule has 1 amide bonds. The zero-order valence-electron chi connectivity index (χ0n) is 14.9. The van der Waals surface area contributed by atoms with Gasteiger partial charge in [-0.25, -0.2) is 0 Å². The van der Waals surface area contributed by atoms with Crippen molar-refractivity contribution < 1.29 is 4.79 Å². The van der Waals surface area contributed by atoms with Crippen LogP contribution in [-0.2, 0) is 6.54 Å². The lowest BCUT2D eigenvalue weighted by Crippen LogP contribution is -2.21. The Labute approximate surface area is 144 Å². The largest absolute Gasteiger partial charge is 0.372 e. The molecule has 1 aliphatic carbocycles. The average molecular weight is 325 g/mol. The molecule has 1 fully saturated rings. The molecule has 1 heterocycles. The van der Waals surface area contributed by atoms with Crippen molar-refractivity contribution in [3.05, 3.63) is 41.6 Å². The Morgan fingerprint density at radius 3 is 2.33 bits per heavy atom. The molecule has 0 saturated heterocycles. The molecular formula is C20H27N3O. The molecule has 3 rings (SSSR count). The molecule has 1 aromatic carbocycles. The van der Waals surface area contributed by atoms with Crippen LogP contribution >= 0.6 is 0 Å².